The molecule has 2 aromatic rings. The van der Waals surface area contributed by atoms with Gasteiger partial charge in [-0.05, 0) is 48.7 Å². The Morgan fingerprint density at radius 3 is 1.98 bits per heavy atom. The smallest absolute Gasteiger partial charge is 0.430 e. The summed E-state index contributed by atoms with van der Waals surface area (Å²) in [5.41, 5.74) is 10.8. The Kier molecular flexibility index (Phi) is 16.5. The van der Waals surface area contributed by atoms with Gasteiger partial charge in [0.2, 0.25) is 17.7 Å². The summed E-state index contributed by atoms with van der Waals surface area (Å²) >= 11 is 0. The van der Waals surface area contributed by atoms with E-state index in [2.05, 4.69) is 16.4 Å². The summed E-state index contributed by atoms with van der Waals surface area (Å²) < 4.78 is 56.5. The average Bonchev–Trinajstić information content (AvgIpc) is 2.99. The van der Waals surface area contributed by atoms with Crippen molar-refractivity contribution in [3.8, 4) is 5.75 Å². The molecule has 2 aromatic carbocycles. The molecule has 0 fully saturated rings. The molecule has 0 heterocycles. The molecule has 4 atom stereocenters. The largest absolute Gasteiger partial charge is 0.542 e. The number of likely N-dealkylation sites (N-methyl/N-ethyl adjacent to an activating group) is 1. The van der Waals surface area contributed by atoms with Crippen molar-refractivity contribution in [2.75, 3.05) is 25.1 Å². The monoisotopic (exact) mass is 691 g/mol. The molecule has 0 aromatic heterocycles. The van der Waals surface area contributed by atoms with Gasteiger partial charge in [0.1, 0.15) is 29.6 Å². The molecule has 0 bridgehead atoms. The molecule has 260 valence electrons. The van der Waals surface area contributed by atoms with E-state index in [1.54, 1.807) is 19.1 Å². The lowest BCUT2D eigenvalue weighted by molar-refractivity contribution is -0.403. The van der Waals surface area contributed by atoms with Crippen molar-refractivity contribution >= 4 is 40.4 Å². The van der Waals surface area contributed by atoms with E-state index >= 15 is 0 Å². The molecular formula is C29H37F4N5O8S. The number of phenols is 1. The number of nitrogens with one attached hydrogen (secondary N) is 2. The number of nitrogens with zero attached hydrogens (tertiary/aromatic N) is 1. The Bertz CT molecular complexity index is 1390. The van der Waals surface area contributed by atoms with Crippen LogP contribution >= 0.6 is 0 Å². The first-order chi connectivity index (χ1) is 21.8. The van der Waals surface area contributed by atoms with Gasteiger partial charge >= 0.3 is 6.18 Å². The minimum Gasteiger partial charge on any atom is -0.542 e. The molecular weight excluding hydrogens is 654 g/mol. The van der Waals surface area contributed by atoms with Gasteiger partial charge in [0, 0.05) is 42.2 Å². The van der Waals surface area contributed by atoms with Gasteiger partial charge in [-0.3, -0.25) is 23.4 Å². The van der Waals surface area contributed by atoms with E-state index in [0.29, 0.717) is 5.56 Å². The standard InChI is InChI=1S/C27H36FN5O6S.C2HF3O2/c1-3-33(23(25(30)36)15-18-4-8-19(28)9-5-18)24(35)16-31-27(38)22(12-13-40(2)39)32-26(37)21(29)14-17-6-10-20(34)11-7-17;3-2(4,5)1(6)7/h4-11,21-23,34H,3,12-16,29H2,1-2H3,(H2,30,36)(H,31,38)(H,32,37);(H,6,7)/t21-,22+,23?,40?;/m1./s1. The maximum Gasteiger partial charge on any atom is 0.430 e. The number of primary amides is 1. The predicted octanol–water partition coefficient (Wildman–Crippen LogP) is -1.70. The zero-order chi connectivity index (χ0) is 35.9. The number of hydrogen-bond acceptors (Lipinski definition) is 8. The lowest BCUT2D eigenvalue weighted by atomic mass is 10.0. The quantitative estimate of drug-likeness (QED) is 0.135. The SMILES string of the molecule is CCN(C(=O)CNC(=O)[C@H](CCS(C)=O)NC(=O)[C@H]([NH3+])Cc1ccc(O)cc1)C(Cc1ccc(F)cc1)C(N)=O.O=C([O-])C(F)(F)F. The predicted molar refractivity (Wildman–Crippen MR) is 159 cm³/mol. The summed E-state index contributed by atoms with van der Waals surface area (Å²) in [6, 6.07) is 8.91. The molecule has 13 nitrogen and oxygen atoms in total. The number of hydrogen-bond donors (Lipinski definition) is 5. The molecule has 0 spiro atoms. The fourth-order valence-electron chi connectivity index (χ4n) is 4.02. The van der Waals surface area contributed by atoms with E-state index in [-0.39, 0.29) is 37.3 Å². The number of aromatic hydroxyl groups is 1. The molecule has 2 rings (SSSR count). The summed E-state index contributed by atoms with van der Waals surface area (Å²) in [6.07, 6.45) is -3.34. The van der Waals surface area contributed by atoms with Crippen LogP contribution in [0.25, 0.3) is 0 Å². The molecule has 0 saturated carbocycles. The summed E-state index contributed by atoms with van der Waals surface area (Å²) in [6.45, 7) is 1.31. The van der Waals surface area contributed by atoms with Crippen LogP contribution in [0.5, 0.6) is 5.75 Å². The summed E-state index contributed by atoms with van der Waals surface area (Å²) in [7, 11) is -1.24. The topological polar surface area (TPSA) is 227 Å². The third-order valence-corrected chi connectivity index (χ3v) is 7.28. The highest BCUT2D eigenvalue weighted by Gasteiger charge is 2.30. The third-order valence-electron chi connectivity index (χ3n) is 6.47. The van der Waals surface area contributed by atoms with Crippen molar-refractivity contribution in [2.45, 2.75) is 50.5 Å². The van der Waals surface area contributed by atoms with Crippen LogP contribution < -0.4 is 27.2 Å². The Balaban J connectivity index is 0.00000141. The number of carbonyl (C=O) groups excluding carboxylic acids is 5. The van der Waals surface area contributed by atoms with E-state index in [1.807, 2.05) is 0 Å². The normalized spacial score (nSPS) is 13.5. The van der Waals surface area contributed by atoms with Gasteiger partial charge < -0.3 is 42.0 Å². The number of carboxylic acids is 1. The van der Waals surface area contributed by atoms with E-state index in [4.69, 9.17) is 15.6 Å². The molecule has 4 amide bonds. The van der Waals surface area contributed by atoms with Gasteiger partial charge in [-0.25, -0.2) is 4.39 Å². The van der Waals surface area contributed by atoms with Gasteiger partial charge in [-0.1, -0.05) is 24.3 Å². The molecule has 2 unspecified atom stereocenters. The Morgan fingerprint density at radius 1 is 1.00 bits per heavy atom. The van der Waals surface area contributed by atoms with Crippen molar-refractivity contribution in [3.63, 3.8) is 0 Å². The van der Waals surface area contributed by atoms with Crippen molar-refractivity contribution in [1.82, 2.24) is 15.5 Å². The van der Waals surface area contributed by atoms with Crippen LogP contribution in [0.3, 0.4) is 0 Å². The first kappa shape index (κ1) is 40.4. The number of nitrogens with two attached hydrogens (primary N) is 1. The van der Waals surface area contributed by atoms with Gasteiger partial charge in [0.05, 0.1) is 6.54 Å². The highest BCUT2D eigenvalue weighted by atomic mass is 32.2. The second-order valence-electron chi connectivity index (χ2n) is 10.1. The van der Waals surface area contributed by atoms with Gasteiger partial charge in [-0.2, -0.15) is 13.2 Å². The second kappa shape index (κ2) is 19.2. The van der Waals surface area contributed by atoms with Crippen molar-refractivity contribution in [3.05, 3.63) is 65.5 Å². The first-order valence-electron chi connectivity index (χ1n) is 14.0. The van der Waals surface area contributed by atoms with Gasteiger partial charge in [0.15, 0.2) is 6.04 Å². The number of halogens is 4. The van der Waals surface area contributed by atoms with E-state index in [1.165, 1.54) is 47.6 Å². The number of quaternary nitrogens is 1. The first-order valence-corrected chi connectivity index (χ1v) is 15.7. The highest BCUT2D eigenvalue weighted by molar-refractivity contribution is 7.84. The fraction of sp³-hybridized carbons (Fsp3) is 0.414. The summed E-state index contributed by atoms with van der Waals surface area (Å²) in [5, 5.41) is 23.3. The maximum atomic E-state index is 13.3. The average molecular weight is 692 g/mol. The number of amides is 4. The minimum absolute atomic E-state index is 0.0623. The molecule has 8 N–H and O–H groups in total. The van der Waals surface area contributed by atoms with E-state index in [0.717, 1.165) is 5.56 Å². The van der Waals surface area contributed by atoms with Crippen molar-refractivity contribution in [2.24, 2.45) is 5.73 Å². The van der Waals surface area contributed by atoms with Gasteiger partial charge in [-0.15, -0.1) is 0 Å². The molecule has 0 saturated heterocycles. The van der Waals surface area contributed by atoms with Crippen LogP contribution in [0.1, 0.15) is 24.5 Å². The van der Waals surface area contributed by atoms with E-state index in [9.17, 15) is 46.1 Å². The maximum absolute atomic E-state index is 13.3. The lowest BCUT2D eigenvalue weighted by Gasteiger charge is -2.29. The Labute approximate surface area is 270 Å². The third kappa shape index (κ3) is 15.0. The molecule has 18 heteroatoms. The molecule has 0 aliphatic rings. The highest BCUT2D eigenvalue weighted by Crippen LogP contribution is 2.13. The summed E-state index contributed by atoms with van der Waals surface area (Å²) in [5.74, 6) is -5.72. The van der Waals surface area contributed by atoms with Crippen LogP contribution in [0.4, 0.5) is 17.6 Å². The number of rotatable bonds is 15. The van der Waals surface area contributed by atoms with Crippen LogP contribution in [0.15, 0.2) is 48.5 Å². The number of carboxylic acid groups (broad SMARTS) is 1. The van der Waals surface area contributed by atoms with Crippen molar-refractivity contribution in [1.29, 1.82) is 0 Å². The van der Waals surface area contributed by atoms with Crippen LogP contribution in [-0.2, 0) is 47.6 Å². The number of carbonyl (C=O) groups is 5. The zero-order valence-electron chi connectivity index (χ0n) is 25.6. The second-order valence-corrected chi connectivity index (χ2v) is 11.7. The number of alkyl halides is 3. The zero-order valence-corrected chi connectivity index (χ0v) is 26.4. The molecule has 47 heavy (non-hydrogen) atoms. The van der Waals surface area contributed by atoms with Crippen LogP contribution in [0.2, 0.25) is 0 Å². The Morgan fingerprint density at radius 2 is 1.51 bits per heavy atom. The van der Waals surface area contributed by atoms with Gasteiger partial charge in [0.25, 0.3) is 5.91 Å². The molecule has 0 radical (unpaired) electrons. The molecule has 0 aliphatic heterocycles. The minimum atomic E-state index is -5.19. The molecule has 0 aliphatic carbocycles. The number of phenolic OH excluding ortho intramolecular Hbond substituents is 1. The fourth-order valence-corrected chi connectivity index (χ4v) is 4.59. The number of aliphatic carboxylic acids is 1. The van der Waals surface area contributed by atoms with E-state index < -0.39 is 77.1 Å². The van der Waals surface area contributed by atoms with Crippen LogP contribution in [-0.4, -0.2) is 93.2 Å². The van der Waals surface area contributed by atoms with Crippen LogP contribution in [0, 0.1) is 5.82 Å². The number of benzene rings is 2. The summed E-state index contributed by atoms with van der Waals surface area (Å²) in [4.78, 5) is 61.0. The lowest BCUT2D eigenvalue weighted by Crippen LogP contribution is -2.69. The van der Waals surface area contributed by atoms with Crippen molar-refractivity contribution < 1.29 is 61.7 Å². The Hall–Kier alpha value is -4.58.